The maximum Gasteiger partial charge on any atom is 0.224 e. The standard InChI is InChI=1S/C10H8IN3O/c11-7-3-1-2-4-8(7)15-10-5-9(12)13-6-14-10/h1-6H,(H2,12,13,14). The number of aromatic nitrogens is 2. The number of para-hydroxylation sites is 1. The molecule has 15 heavy (non-hydrogen) atoms. The van der Waals surface area contributed by atoms with E-state index in [0.29, 0.717) is 11.7 Å². The van der Waals surface area contributed by atoms with Crippen molar-refractivity contribution in [3.63, 3.8) is 0 Å². The van der Waals surface area contributed by atoms with Crippen LogP contribution in [0.3, 0.4) is 0 Å². The number of benzene rings is 1. The van der Waals surface area contributed by atoms with Gasteiger partial charge in [0.2, 0.25) is 5.88 Å². The highest BCUT2D eigenvalue weighted by molar-refractivity contribution is 14.1. The minimum Gasteiger partial charge on any atom is -0.438 e. The highest BCUT2D eigenvalue weighted by Gasteiger charge is 2.02. The molecule has 5 heteroatoms. The molecule has 0 unspecified atom stereocenters. The largest absolute Gasteiger partial charge is 0.438 e. The van der Waals surface area contributed by atoms with Crippen LogP contribution in [-0.4, -0.2) is 9.97 Å². The number of nitrogens with zero attached hydrogens (tertiary/aromatic N) is 2. The third kappa shape index (κ3) is 2.56. The monoisotopic (exact) mass is 313 g/mol. The van der Waals surface area contributed by atoms with Crippen LogP contribution in [0.4, 0.5) is 5.82 Å². The Hall–Kier alpha value is -1.37. The van der Waals surface area contributed by atoms with E-state index in [9.17, 15) is 0 Å². The molecule has 1 aromatic carbocycles. The topological polar surface area (TPSA) is 61.0 Å². The molecule has 1 heterocycles. The van der Waals surface area contributed by atoms with Crippen LogP contribution in [0.15, 0.2) is 36.7 Å². The van der Waals surface area contributed by atoms with E-state index in [0.717, 1.165) is 9.32 Å². The Morgan fingerprint density at radius 1 is 1.20 bits per heavy atom. The first kappa shape index (κ1) is 10.2. The molecule has 0 aliphatic rings. The second-order valence-electron chi connectivity index (χ2n) is 2.81. The molecule has 0 aliphatic heterocycles. The lowest BCUT2D eigenvalue weighted by molar-refractivity contribution is 0.459. The zero-order valence-electron chi connectivity index (χ0n) is 7.72. The molecule has 4 nitrogen and oxygen atoms in total. The molecule has 0 aliphatic carbocycles. The van der Waals surface area contributed by atoms with Crippen LogP contribution >= 0.6 is 22.6 Å². The van der Waals surface area contributed by atoms with Crippen molar-refractivity contribution >= 4 is 28.4 Å². The van der Waals surface area contributed by atoms with E-state index in [1.54, 1.807) is 6.07 Å². The number of halogens is 1. The van der Waals surface area contributed by atoms with Gasteiger partial charge >= 0.3 is 0 Å². The van der Waals surface area contributed by atoms with Crippen LogP contribution in [-0.2, 0) is 0 Å². The molecule has 0 saturated carbocycles. The smallest absolute Gasteiger partial charge is 0.224 e. The van der Waals surface area contributed by atoms with Crippen LogP contribution in [0.1, 0.15) is 0 Å². The molecule has 2 N–H and O–H groups in total. The van der Waals surface area contributed by atoms with Crippen molar-refractivity contribution < 1.29 is 4.74 Å². The van der Waals surface area contributed by atoms with Gasteiger partial charge in [0.1, 0.15) is 17.9 Å². The van der Waals surface area contributed by atoms with Gasteiger partial charge < -0.3 is 10.5 Å². The number of anilines is 1. The molecular weight excluding hydrogens is 305 g/mol. The summed E-state index contributed by atoms with van der Waals surface area (Å²) >= 11 is 2.20. The summed E-state index contributed by atoms with van der Waals surface area (Å²) in [6.07, 6.45) is 1.38. The van der Waals surface area contributed by atoms with Crippen molar-refractivity contribution in [2.75, 3.05) is 5.73 Å². The highest BCUT2D eigenvalue weighted by atomic mass is 127. The molecule has 0 amide bonds. The first-order valence-electron chi connectivity index (χ1n) is 4.25. The lowest BCUT2D eigenvalue weighted by atomic mass is 10.3. The summed E-state index contributed by atoms with van der Waals surface area (Å²) in [5.74, 6) is 1.61. The van der Waals surface area contributed by atoms with Crippen molar-refractivity contribution in [3.8, 4) is 11.6 Å². The molecule has 0 radical (unpaired) electrons. The highest BCUT2D eigenvalue weighted by Crippen LogP contribution is 2.25. The van der Waals surface area contributed by atoms with Crippen molar-refractivity contribution in [1.82, 2.24) is 9.97 Å². The maximum absolute atomic E-state index is 5.55. The van der Waals surface area contributed by atoms with Gasteiger partial charge in [-0.15, -0.1) is 0 Å². The fourth-order valence-corrected chi connectivity index (χ4v) is 1.55. The number of rotatable bonds is 2. The van der Waals surface area contributed by atoms with Crippen LogP contribution in [0.25, 0.3) is 0 Å². The van der Waals surface area contributed by atoms with Gasteiger partial charge in [-0.25, -0.2) is 9.97 Å². The van der Waals surface area contributed by atoms with Gasteiger partial charge in [0.05, 0.1) is 3.57 Å². The average molecular weight is 313 g/mol. The fraction of sp³-hybridized carbons (Fsp3) is 0. The van der Waals surface area contributed by atoms with Gasteiger partial charge in [0.25, 0.3) is 0 Å². The van der Waals surface area contributed by atoms with Crippen molar-refractivity contribution in [2.45, 2.75) is 0 Å². The van der Waals surface area contributed by atoms with Gasteiger partial charge in [-0.2, -0.15) is 0 Å². The van der Waals surface area contributed by atoms with Crippen molar-refractivity contribution in [1.29, 1.82) is 0 Å². The average Bonchev–Trinajstić information content (AvgIpc) is 2.22. The third-order valence-electron chi connectivity index (χ3n) is 1.71. The molecule has 2 rings (SSSR count). The molecule has 0 atom stereocenters. The quantitative estimate of drug-likeness (QED) is 0.865. The first-order valence-corrected chi connectivity index (χ1v) is 5.33. The van der Waals surface area contributed by atoms with Crippen LogP contribution in [0.2, 0.25) is 0 Å². The molecule has 0 bridgehead atoms. The van der Waals surface area contributed by atoms with Gasteiger partial charge in [0.15, 0.2) is 0 Å². The number of ether oxygens (including phenoxy) is 1. The van der Waals surface area contributed by atoms with E-state index < -0.39 is 0 Å². The summed E-state index contributed by atoms with van der Waals surface area (Å²) in [5, 5.41) is 0. The van der Waals surface area contributed by atoms with Crippen molar-refractivity contribution in [3.05, 3.63) is 40.2 Å². The molecule has 2 aromatic rings. The molecule has 0 fully saturated rings. The Morgan fingerprint density at radius 2 is 2.00 bits per heavy atom. The van der Waals surface area contributed by atoms with Crippen LogP contribution in [0, 0.1) is 3.57 Å². The zero-order chi connectivity index (χ0) is 10.7. The second kappa shape index (κ2) is 4.43. The minimum absolute atomic E-state index is 0.394. The number of hydrogen-bond donors (Lipinski definition) is 1. The summed E-state index contributed by atoms with van der Waals surface area (Å²) in [7, 11) is 0. The van der Waals surface area contributed by atoms with E-state index in [1.165, 1.54) is 6.33 Å². The van der Waals surface area contributed by atoms with Gasteiger partial charge in [-0.05, 0) is 34.7 Å². The van der Waals surface area contributed by atoms with Gasteiger partial charge in [-0.1, -0.05) is 12.1 Å². The Morgan fingerprint density at radius 3 is 2.73 bits per heavy atom. The molecule has 76 valence electrons. The lowest BCUT2D eigenvalue weighted by Crippen LogP contribution is -1.94. The van der Waals surface area contributed by atoms with Gasteiger partial charge in [0, 0.05) is 6.07 Å². The molecular formula is C10H8IN3O. The van der Waals surface area contributed by atoms with E-state index in [2.05, 4.69) is 32.6 Å². The summed E-state index contributed by atoms with van der Waals surface area (Å²) in [6, 6.07) is 9.27. The fourth-order valence-electron chi connectivity index (χ4n) is 1.05. The van der Waals surface area contributed by atoms with E-state index in [4.69, 9.17) is 10.5 Å². The van der Waals surface area contributed by atoms with Crippen LogP contribution < -0.4 is 10.5 Å². The van der Waals surface area contributed by atoms with E-state index in [1.807, 2.05) is 24.3 Å². The first-order chi connectivity index (χ1) is 7.25. The van der Waals surface area contributed by atoms with Crippen molar-refractivity contribution in [2.24, 2.45) is 0 Å². The third-order valence-corrected chi connectivity index (χ3v) is 2.61. The Labute approximate surface area is 101 Å². The number of nitrogen functional groups attached to an aromatic ring is 1. The number of nitrogens with two attached hydrogens (primary N) is 1. The SMILES string of the molecule is Nc1cc(Oc2ccccc2I)ncn1. The molecule has 0 saturated heterocycles. The second-order valence-corrected chi connectivity index (χ2v) is 3.98. The van der Waals surface area contributed by atoms with Crippen LogP contribution in [0.5, 0.6) is 11.6 Å². The number of hydrogen-bond acceptors (Lipinski definition) is 4. The van der Waals surface area contributed by atoms with E-state index in [-0.39, 0.29) is 0 Å². The Bertz CT molecular complexity index is 476. The summed E-state index contributed by atoms with van der Waals surface area (Å²) in [6.45, 7) is 0. The lowest BCUT2D eigenvalue weighted by Gasteiger charge is -2.05. The predicted octanol–water partition coefficient (Wildman–Crippen LogP) is 2.46. The zero-order valence-corrected chi connectivity index (χ0v) is 9.88. The van der Waals surface area contributed by atoms with Gasteiger partial charge in [-0.3, -0.25) is 0 Å². The molecule has 0 spiro atoms. The predicted molar refractivity (Wildman–Crippen MR) is 65.7 cm³/mol. The molecule has 1 aromatic heterocycles. The Kier molecular flexibility index (Phi) is 3.00. The summed E-state index contributed by atoms with van der Waals surface area (Å²) in [5.41, 5.74) is 5.52. The normalized spacial score (nSPS) is 9.93. The summed E-state index contributed by atoms with van der Waals surface area (Å²) < 4.78 is 6.57. The maximum atomic E-state index is 5.55. The van der Waals surface area contributed by atoms with E-state index >= 15 is 0 Å². The minimum atomic E-state index is 0.394. The summed E-state index contributed by atoms with van der Waals surface area (Å²) in [4.78, 5) is 7.75. The Balaban J connectivity index is 2.26.